The van der Waals surface area contributed by atoms with Crippen LogP contribution in [0.1, 0.15) is 20.8 Å². The molecule has 0 spiro atoms. The molecule has 112 valence electrons. The Morgan fingerprint density at radius 1 is 1.15 bits per heavy atom. The Hall–Kier alpha value is -1.11. The van der Waals surface area contributed by atoms with E-state index in [0.29, 0.717) is 19.6 Å². The van der Waals surface area contributed by atoms with E-state index in [0.717, 1.165) is 5.69 Å². The molecule has 1 aromatic rings. The molecule has 1 aromatic carbocycles. The summed E-state index contributed by atoms with van der Waals surface area (Å²) in [7, 11) is -3.35. The lowest BCUT2D eigenvalue weighted by Gasteiger charge is -2.45. The van der Waals surface area contributed by atoms with E-state index in [-0.39, 0.29) is 12.1 Å². The standard InChI is InChI=1S/C14H23N3O2S/c1-4-15-20(18,19)16-10-12(2)17(13(3)11-16)14-8-6-5-7-9-14/h5-9,12-13,15H,4,10-11H2,1-3H3. The van der Waals surface area contributed by atoms with Crippen LogP contribution in [-0.4, -0.2) is 44.4 Å². The average Bonchev–Trinajstić information content (AvgIpc) is 2.39. The Balaban J connectivity index is 2.17. The van der Waals surface area contributed by atoms with Crippen molar-refractivity contribution < 1.29 is 8.42 Å². The van der Waals surface area contributed by atoms with Gasteiger partial charge < -0.3 is 4.90 Å². The molecule has 2 atom stereocenters. The SMILES string of the molecule is CCNS(=O)(=O)N1CC(C)N(c2ccccc2)C(C)C1. The Morgan fingerprint density at radius 3 is 2.20 bits per heavy atom. The lowest BCUT2D eigenvalue weighted by Crippen LogP contribution is -2.60. The van der Waals surface area contributed by atoms with Crippen molar-refractivity contribution in [1.82, 2.24) is 9.03 Å². The minimum absolute atomic E-state index is 0.148. The third-order valence-electron chi connectivity index (χ3n) is 3.61. The number of hydrogen-bond donors (Lipinski definition) is 1. The molecule has 6 heteroatoms. The molecule has 1 fully saturated rings. The van der Waals surface area contributed by atoms with Gasteiger partial charge in [-0.1, -0.05) is 25.1 Å². The van der Waals surface area contributed by atoms with Gasteiger partial charge in [0.25, 0.3) is 10.2 Å². The summed E-state index contributed by atoms with van der Waals surface area (Å²) in [6.45, 7) is 7.37. The van der Waals surface area contributed by atoms with E-state index in [1.54, 1.807) is 11.2 Å². The van der Waals surface area contributed by atoms with Crippen LogP contribution in [0, 0.1) is 0 Å². The van der Waals surface area contributed by atoms with E-state index in [1.807, 2.05) is 18.2 Å². The van der Waals surface area contributed by atoms with Gasteiger partial charge in [-0.25, -0.2) is 4.72 Å². The zero-order valence-corrected chi connectivity index (χ0v) is 13.1. The number of rotatable bonds is 4. The van der Waals surface area contributed by atoms with Gasteiger partial charge in [0.2, 0.25) is 0 Å². The Labute approximate surface area is 121 Å². The van der Waals surface area contributed by atoms with E-state index < -0.39 is 10.2 Å². The van der Waals surface area contributed by atoms with Gasteiger partial charge in [-0.3, -0.25) is 0 Å². The zero-order valence-electron chi connectivity index (χ0n) is 12.3. The lowest BCUT2D eigenvalue weighted by atomic mass is 10.1. The first-order valence-electron chi connectivity index (χ1n) is 7.04. The second-order valence-corrected chi connectivity index (χ2v) is 7.02. The van der Waals surface area contributed by atoms with E-state index in [9.17, 15) is 8.42 Å². The molecule has 1 saturated heterocycles. The van der Waals surface area contributed by atoms with Crippen molar-refractivity contribution in [3.05, 3.63) is 30.3 Å². The molecule has 1 aliphatic rings. The molecule has 0 aliphatic carbocycles. The van der Waals surface area contributed by atoms with Gasteiger partial charge in [-0.2, -0.15) is 12.7 Å². The number of piperazine rings is 1. The van der Waals surface area contributed by atoms with Gasteiger partial charge in [0.1, 0.15) is 0 Å². The van der Waals surface area contributed by atoms with Crippen LogP contribution in [-0.2, 0) is 10.2 Å². The van der Waals surface area contributed by atoms with Crippen LogP contribution in [0.5, 0.6) is 0 Å². The second-order valence-electron chi connectivity index (χ2n) is 5.26. The van der Waals surface area contributed by atoms with Crippen molar-refractivity contribution in [2.75, 3.05) is 24.5 Å². The van der Waals surface area contributed by atoms with Gasteiger partial charge in [0.05, 0.1) is 0 Å². The van der Waals surface area contributed by atoms with Crippen LogP contribution in [0.4, 0.5) is 5.69 Å². The zero-order chi connectivity index (χ0) is 14.8. The summed E-state index contributed by atoms with van der Waals surface area (Å²) in [6, 6.07) is 10.4. The topological polar surface area (TPSA) is 52.7 Å². The first kappa shape index (κ1) is 15.3. The number of hydrogen-bond acceptors (Lipinski definition) is 3. The maximum Gasteiger partial charge on any atom is 0.279 e. The molecule has 0 amide bonds. The predicted octanol–water partition coefficient (Wildman–Crippen LogP) is 1.44. The second kappa shape index (κ2) is 6.11. The Kier molecular flexibility index (Phi) is 4.67. The quantitative estimate of drug-likeness (QED) is 0.915. The molecule has 1 aliphatic heterocycles. The van der Waals surface area contributed by atoms with E-state index in [1.165, 1.54) is 0 Å². The van der Waals surface area contributed by atoms with Crippen LogP contribution < -0.4 is 9.62 Å². The average molecular weight is 297 g/mol. The largest absolute Gasteiger partial charge is 0.363 e. The molecule has 2 unspecified atom stereocenters. The van der Waals surface area contributed by atoms with Gasteiger partial charge in [-0.15, -0.1) is 0 Å². The maximum atomic E-state index is 12.1. The number of nitrogens with zero attached hydrogens (tertiary/aromatic N) is 2. The molecule has 2 rings (SSSR count). The van der Waals surface area contributed by atoms with Crippen molar-refractivity contribution in [2.24, 2.45) is 0 Å². The smallest absolute Gasteiger partial charge is 0.279 e. The van der Waals surface area contributed by atoms with Crippen molar-refractivity contribution in [2.45, 2.75) is 32.9 Å². The summed E-state index contributed by atoms with van der Waals surface area (Å²) in [6.07, 6.45) is 0. The molecule has 5 nitrogen and oxygen atoms in total. The molecular weight excluding hydrogens is 274 g/mol. The summed E-state index contributed by atoms with van der Waals surface area (Å²) in [4.78, 5) is 2.29. The summed E-state index contributed by atoms with van der Waals surface area (Å²) in [5.74, 6) is 0. The highest BCUT2D eigenvalue weighted by atomic mass is 32.2. The van der Waals surface area contributed by atoms with Crippen LogP contribution in [0.3, 0.4) is 0 Å². The monoisotopic (exact) mass is 297 g/mol. The van der Waals surface area contributed by atoms with E-state index in [4.69, 9.17) is 0 Å². The molecular formula is C14H23N3O2S. The molecule has 20 heavy (non-hydrogen) atoms. The molecule has 0 saturated carbocycles. The van der Waals surface area contributed by atoms with Gasteiger partial charge in [-0.05, 0) is 26.0 Å². The van der Waals surface area contributed by atoms with Crippen molar-refractivity contribution in [3.8, 4) is 0 Å². The van der Waals surface area contributed by atoms with Crippen LogP contribution in [0.2, 0.25) is 0 Å². The highest BCUT2D eigenvalue weighted by Crippen LogP contribution is 2.25. The van der Waals surface area contributed by atoms with Gasteiger partial charge in [0.15, 0.2) is 0 Å². The molecule has 1 N–H and O–H groups in total. The highest BCUT2D eigenvalue weighted by Gasteiger charge is 2.34. The van der Waals surface area contributed by atoms with E-state index in [2.05, 4.69) is 35.6 Å². The molecule has 0 radical (unpaired) electrons. The summed E-state index contributed by atoms with van der Waals surface area (Å²) < 4.78 is 28.3. The fraction of sp³-hybridized carbons (Fsp3) is 0.571. The minimum Gasteiger partial charge on any atom is -0.363 e. The molecule has 0 aromatic heterocycles. The summed E-state index contributed by atoms with van der Waals surface area (Å²) in [5.41, 5.74) is 1.15. The number of benzene rings is 1. The normalized spacial score (nSPS) is 24.9. The first-order valence-corrected chi connectivity index (χ1v) is 8.48. The summed E-state index contributed by atoms with van der Waals surface area (Å²) in [5, 5.41) is 0. The van der Waals surface area contributed by atoms with Gasteiger partial charge in [0, 0.05) is 37.4 Å². The highest BCUT2D eigenvalue weighted by molar-refractivity contribution is 7.87. The Morgan fingerprint density at radius 2 is 1.70 bits per heavy atom. The molecule has 1 heterocycles. The Bertz CT molecular complexity index is 521. The van der Waals surface area contributed by atoms with Crippen molar-refractivity contribution >= 4 is 15.9 Å². The summed E-state index contributed by atoms with van der Waals surface area (Å²) >= 11 is 0. The third kappa shape index (κ3) is 3.13. The number of para-hydroxylation sites is 1. The first-order chi connectivity index (χ1) is 9.45. The third-order valence-corrected chi connectivity index (χ3v) is 5.24. The minimum atomic E-state index is -3.35. The number of anilines is 1. The fourth-order valence-corrected chi connectivity index (χ4v) is 4.22. The fourth-order valence-electron chi connectivity index (χ4n) is 2.85. The van der Waals surface area contributed by atoms with Crippen LogP contribution in [0.25, 0.3) is 0 Å². The van der Waals surface area contributed by atoms with Crippen molar-refractivity contribution in [1.29, 1.82) is 0 Å². The predicted molar refractivity (Wildman–Crippen MR) is 82.0 cm³/mol. The lowest BCUT2D eigenvalue weighted by molar-refractivity contribution is 0.298. The van der Waals surface area contributed by atoms with Crippen LogP contribution in [0.15, 0.2) is 30.3 Å². The van der Waals surface area contributed by atoms with Crippen LogP contribution >= 0.6 is 0 Å². The number of nitrogens with one attached hydrogen (secondary N) is 1. The van der Waals surface area contributed by atoms with E-state index >= 15 is 0 Å². The van der Waals surface area contributed by atoms with Crippen molar-refractivity contribution in [3.63, 3.8) is 0 Å². The molecule has 0 bridgehead atoms. The van der Waals surface area contributed by atoms with Gasteiger partial charge >= 0.3 is 0 Å². The maximum absolute atomic E-state index is 12.1.